The van der Waals surface area contributed by atoms with Crippen molar-refractivity contribution >= 4 is 23.6 Å². The van der Waals surface area contributed by atoms with Gasteiger partial charge in [0.1, 0.15) is 0 Å². The fourth-order valence-corrected chi connectivity index (χ4v) is 2.95. The molecular weight excluding hydrogens is 372 g/mol. The number of nitrogens with one attached hydrogen (secondary N) is 2. The van der Waals surface area contributed by atoms with Crippen molar-refractivity contribution in [2.45, 2.75) is 25.8 Å². The Morgan fingerprint density at radius 2 is 1.86 bits per heavy atom. The molecule has 2 amide bonds. The highest BCUT2D eigenvalue weighted by atomic mass is 16.6. The highest BCUT2D eigenvalue weighted by Crippen LogP contribution is 2.15. The van der Waals surface area contributed by atoms with Crippen molar-refractivity contribution in [3.8, 4) is 6.07 Å². The number of piperidine rings is 1. The number of nitrogens with zero attached hydrogens (tertiary/aromatic N) is 4. The fraction of sp³-hybridized carbons (Fsp3) is 0.350. The molecule has 9 nitrogen and oxygen atoms in total. The third-order valence-corrected chi connectivity index (χ3v) is 4.54. The SMILES string of the molecule is CCOC(=O)N1CCC(Nc2ncc(C(=O)Nc3ccc(C#N)cc3)cn2)CC1. The van der Waals surface area contributed by atoms with Crippen molar-refractivity contribution in [2.24, 2.45) is 0 Å². The summed E-state index contributed by atoms with van der Waals surface area (Å²) < 4.78 is 5.01. The van der Waals surface area contributed by atoms with E-state index in [0.717, 1.165) is 12.8 Å². The summed E-state index contributed by atoms with van der Waals surface area (Å²) >= 11 is 0. The molecule has 9 heteroatoms. The summed E-state index contributed by atoms with van der Waals surface area (Å²) in [7, 11) is 0. The minimum Gasteiger partial charge on any atom is -0.450 e. The third-order valence-electron chi connectivity index (χ3n) is 4.54. The molecule has 0 radical (unpaired) electrons. The van der Waals surface area contributed by atoms with Gasteiger partial charge in [0.25, 0.3) is 5.91 Å². The van der Waals surface area contributed by atoms with E-state index in [4.69, 9.17) is 10.00 Å². The van der Waals surface area contributed by atoms with Gasteiger partial charge in [-0.05, 0) is 44.0 Å². The topological polar surface area (TPSA) is 120 Å². The Bertz CT molecular complexity index is 884. The number of hydrogen-bond acceptors (Lipinski definition) is 7. The molecule has 29 heavy (non-hydrogen) atoms. The third kappa shape index (κ3) is 5.42. The molecule has 2 heterocycles. The highest BCUT2D eigenvalue weighted by Gasteiger charge is 2.24. The Balaban J connectivity index is 1.50. The number of hydrogen-bond donors (Lipinski definition) is 2. The van der Waals surface area contributed by atoms with Gasteiger partial charge in [0, 0.05) is 37.2 Å². The van der Waals surface area contributed by atoms with Gasteiger partial charge in [0.15, 0.2) is 0 Å². The Morgan fingerprint density at radius 3 is 2.45 bits per heavy atom. The van der Waals surface area contributed by atoms with E-state index in [2.05, 4.69) is 20.6 Å². The number of carbonyl (C=O) groups excluding carboxylic acids is 2. The van der Waals surface area contributed by atoms with Gasteiger partial charge in [0.2, 0.25) is 5.95 Å². The Morgan fingerprint density at radius 1 is 1.21 bits per heavy atom. The second kappa shape index (κ2) is 9.50. The predicted octanol–water partition coefficient (Wildman–Crippen LogP) is 2.63. The molecule has 2 aromatic rings. The maximum Gasteiger partial charge on any atom is 0.409 e. The molecule has 3 rings (SSSR count). The van der Waals surface area contributed by atoms with Crippen LogP contribution < -0.4 is 10.6 Å². The number of rotatable bonds is 5. The van der Waals surface area contributed by atoms with Crippen molar-refractivity contribution in [3.63, 3.8) is 0 Å². The average molecular weight is 394 g/mol. The molecule has 0 spiro atoms. The summed E-state index contributed by atoms with van der Waals surface area (Å²) in [6.07, 6.45) is 4.18. The van der Waals surface area contributed by atoms with E-state index in [1.54, 1.807) is 36.1 Å². The number of benzene rings is 1. The van der Waals surface area contributed by atoms with Gasteiger partial charge < -0.3 is 20.3 Å². The van der Waals surface area contributed by atoms with Crippen LogP contribution >= 0.6 is 0 Å². The van der Waals surface area contributed by atoms with E-state index in [-0.39, 0.29) is 18.0 Å². The van der Waals surface area contributed by atoms with Crippen molar-refractivity contribution < 1.29 is 14.3 Å². The number of aromatic nitrogens is 2. The van der Waals surface area contributed by atoms with Crippen LogP contribution in [0.4, 0.5) is 16.4 Å². The van der Waals surface area contributed by atoms with E-state index < -0.39 is 0 Å². The van der Waals surface area contributed by atoms with Crippen molar-refractivity contribution in [3.05, 3.63) is 47.8 Å². The number of amides is 2. The fourth-order valence-electron chi connectivity index (χ4n) is 2.95. The zero-order valence-electron chi connectivity index (χ0n) is 16.1. The molecule has 1 aromatic carbocycles. The van der Waals surface area contributed by atoms with Gasteiger partial charge in [-0.2, -0.15) is 5.26 Å². The molecule has 0 atom stereocenters. The molecule has 0 bridgehead atoms. The first-order chi connectivity index (χ1) is 14.1. The number of likely N-dealkylation sites (tertiary alicyclic amines) is 1. The van der Waals surface area contributed by atoms with Gasteiger partial charge in [-0.15, -0.1) is 0 Å². The smallest absolute Gasteiger partial charge is 0.409 e. The summed E-state index contributed by atoms with van der Waals surface area (Å²) in [6, 6.07) is 8.77. The zero-order valence-corrected chi connectivity index (χ0v) is 16.1. The van der Waals surface area contributed by atoms with Crippen LogP contribution in [0.5, 0.6) is 0 Å². The lowest BCUT2D eigenvalue weighted by atomic mass is 10.1. The normalized spacial score (nSPS) is 14.0. The van der Waals surface area contributed by atoms with Crippen LogP contribution in [0.1, 0.15) is 35.7 Å². The van der Waals surface area contributed by atoms with Crippen LogP contribution in [-0.4, -0.2) is 52.6 Å². The first kappa shape index (κ1) is 20.1. The molecule has 1 aliphatic rings. The van der Waals surface area contributed by atoms with Crippen LogP contribution in [0.3, 0.4) is 0 Å². The first-order valence-corrected chi connectivity index (χ1v) is 9.41. The summed E-state index contributed by atoms with van der Waals surface area (Å²) in [5.41, 5.74) is 1.44. The van der Waals surface area contributed by atoms with Crippen molar-refractivity contribution in [1.82, 2.24) is 14.9 Å². The highest BCUT2D eigenvalue weighted by molar-refractivity contribution is 6.03. The molecule has 0 unspecified atom stereocenters. The molecule has 0 saturated carbocycles. The Hall–Kier alpha value is -3.67. The summed E-state index contributed by atoms with van der Waals surface area (Å²) in [6.45, 7) is 3.39. The minimum absolute atomic E-state index is 0.152. The molecule has 150 valence electrons. The van der Waals surface area contributed by atoms with Gasteiger partial charge in [-0.3, -0.25) is 4.79 Å². The van der Waals surface area contributed by atoms with Gasteiger partial charge in [0.05, 0.1) is 23.8 Å². The van der Waals surface area contributed by atoms with E-state index in [1.807, 2.05) is 6.07 Å². The monoisotopic (exact) mass is 394 g/mol. The summed E-state index contributed by atoms with van der Waals surface area (Å²) in [4.78, 5) is 34.2. The summed E-state index contributed by atoms with van der Waals surface area (Å²) in [5.74, 6) is 0.110. The van der Waals surface area contributed by atoms with Crippen LogP contribution in [0.25, 0.3) is 0 Å². The van der Waals surface area contributed by atoms with Crippen molar-refractivity contribution in [1.29, 1.82) is 5.26 Å². The first-order valence-electron chi connectivity index (χ1n) is 9.41. The molecule has 1 fully saturated rings. The molecule has 2 N–H and O–H groups in total. The van der Waals surface area contributed by atoms with E-state index >= 15 is 0 Å². The lowest BCUT2D eigenvalue weighted by Gasteiger charge is -2.31. The van der Waals surface area contributed by atoms with Gasteiger partial charge in [-0.1, -0.05) is 0 Å². The lowest BCUT2D eigenvalue weighted by Crippen LogP contribution is -2.42. The maximum absolute atomic E-state index is 12.3. The van der Waals surface area contributed by atoms with Crippen LogP contribution in [0, 0.1) is 11.3 Å². The standard InChI is InChI=1S/C20H22N6O3/c1-2-29-20(28)26-9-7-17(8-10-26)25-19-22-12-15(13-23-19)18(27)24-16-5-3-14(11-21)4-6-16/h3-6,12-13,17H,2,7-10H2,1H3,(H,24,27)(H,22,23,25). The second-order valence-corrected chi connectivity index (χ2v) is 6.54. The summed E-state index contributed by atoms with van der Waals surface area (Å²) in [5, 5.41) is 14.8. The molecule has 1 aromatic heterocycles. The number of anilines is 2. The molecule has 1 saturated heterocycles. The number of carbonyl (C=O) groups is 2. The van der Waals surface area contributed by atoms with Crippen LogP contribution in [-0.2, 0) is 4.74 Å². The predicted molar refractivity (Wildman–Crippen MR) is 106 cm³/mol. The van der Waals surface area contributed by atoms with E-state index in [9.17, 15) is 9.59 Å². The lowest BCUT2D eigenvalue weighted by molar-refractivity contribution is 0.0982. The number of ether oxygens (including phenoxy) is 1. The quantitative estimate of drug-likeness (QED) is 0.800. The van der Waals surface area contributed by atoms with E-state index in [1.165, 1.54) is 12.4 Å². The minimum atomic E-state index is -0.330. The van der Waals surface area contributed by atoms with Crippen LogP contribution in [0.15, 0.2) is 36.7 Å². The van der Waals surface area contributed by atoms with Crippen molar-refractivity contribution in [2.75, 3.05) is 30.3 Å². The Labute approximate surface area is 168 Å². The zero-order chi connectivity index (χ0) is 20.6. The average Bonchev–Trinajstić information content (AvgIpc) is 2.75. The van der Waals surface area contributed by atoms with Gasteiger partial charge in [-0.25, -0.2) is 14.8 Å². The molecular formula is C20H22N6O3. The second-order valence-electron chi connectivity index (χ2n) is 6.54. The molecule has 0 aliphatic carbocycles. The Kier molecular flexibility index (Phi) is 6.58. The van der Waals surface area contributed by atoms with Gasteiger partial charge >= 0.3 is 6.09 Å². The molecule has 1 aliphatic heterocycles. The maximum atomic E-state index is 12.3. The number of nitriles is 1. The van der Waals surface area contributed by atoms with E-state index in [0.29, 0.717) is 42.5 Å². The van der Waals surface area contributed by atoms with Crippen LogP contribution in [0.2, 0.25) is 0 Å². The largest absolute Gasteiger partial charge is 0.450 e.